The van der Waals surface area contributed by atoms with Crippen molar-refractivity contribution in [3.8, 4) is 16.9 Å². The highest BCUT2D eigenvalue weighted by molar-refractivity contribution is 5.63. The summed E-state index contributed by atoms with van der Waals surface area (Å²) >= 11 is 0. The number of hydrogen-bond acceptors (Lipinski definition) is 3. The normalized spacial score (nSPS) is 18.4. The molecule has 0 bridgehead atoms. The smallest absolute Gasteiger partial charge is 0.138 e. The number of rotatable bonds is 4. The van der Waals surface area contributed by atoms with Crippen LogP contribution in [0.15, 0.2) is 48.8 Å². The van der Waals surface area contributed by atoms with Crippen LogP contribution < -0.4 is 10.1 Å². The van der Waals surface area contributed by atoms with Gasteiger partial charge >= 0.3 is 0 Å². The lowest BCUT2D eigenvalue weighted by Gasteiger charge is -2.11. The van der Waals surface area contributed by atoms with Crippen LogP contribution in [0.3, 0.4) is 0 Å². The van der Waals surface area contributed by atoms with E-state index in [4.69, 9.17) is 4.74 Å². The van der Waals surface area contributed by atoms with Gasteiger partial charge in [-0.3, -0.25) is 4.98 Å². The van der Waals surface area contributed by atoms with E-state index >= 15 is 0 Å². The zero-order chi connectivity index (χ0) is 12.9. The van der Waals surface area contributed by atoms with Gasteiger partial charge in [-0.15, -0.1) is 0 Å². The van der Waals surface area contributed by atoms with Crippen LogP contribution in [0.5, 0.6) is 5.75 Å². The third-order valence-electron chi connectivity index (χ3n) is 3.47. The van der Waals surface area contributed by atoms with Gasteiger partial charge in [0.05, 0.1) is 12.8 Å². The van der Waals surface area contributed by atoms with Crippen LogP contribution in [-0.4, -0.2) is 24.7 Å². The lowest BCUT2D eigenvalue weighted by atomic mass is 10.1. The summed E-state index contributed by atoms with van der Waals surface area (Å²) in [5.41, 5.74) is 2.27. The molecule has 0 saturated carbocycles. The Morgan fingerprint density at radius 2 is 2.05 bits per heavy atom. The van der Waals surface area contributed by atoms with E-state index in [0.29, 0.717) is 5.92 Å². The minimum absolute atomic E-state index is 0.625. The molecule has 0 aliphatic carbocycles. The van der Waals surface area contributed by atoms with Gasteiger partial charge in [0.15, 0.2) is 0 Å². The molecule has 3 nitrogen and oxygen atoms in total. The van der Waals surface area contributed by atoms with Crippen LogP contribution in [0, 0.1) is 5.92 Å². The second kappa shape index (κ2) is 5.85. The van der Waals surface area contributed by atoms with Crippen molar-refractivity contribution in [3.63, 3.8) is 0 Å². The van der Waals surface area contributed by atoms with Gasteiger partial charge in [-0.25, -0.2) is 0 Å². The molecule has 19 heavy (non-hydrogen) atoms. The number of nitrogens with zero attached hydrogens (tertiary/aromatic N) is 1. The van der Waals surface area contributed by atoms with Gasteiger partial charge in [0.25, 0.3) is 0 Å². The predicted molar refractivity (Wildman–Crippen MR) is 76.1 cm³/mol. The highest BCUT2D eigenvalue weighted by atomic mass is 16.5. The number of ether oxygens (including phenoxy) is 1. The molecule has 1 atom stereocenters. The molecule has 1 N–H and O–H groups in total. The minimum atomic E-state index is 0.625. The van der Waals surface area contributed by atoms with E-state index in [1.54, 1.807) is 6.20 Å². The summed E-state index contributed by atoms with van der Waals surface area (Å²) in [6.07, 6.45) is 4.86. The summed E-state index contributed by atoms with van der Waals surface area (Å²) in [5, 5.41) is 3.35. The van der Waals surface area contributed by atoms with E-state index in [-0.39, 0.29) is 0 Å². The Kier molecular flexibility index (Phi) is 3.75. The average Bonchev–Trinajstić information content (AvgIpc) is 3.00. The Labute approximate surface area is 113 Å². The maximum Gasteiger partial charge on any atom is 0.138 e. The Hall–Kier alpha value is -1.87. The van der Waals surface area contributed by atoms with Crippen LogP contribution in [0.4, 0.5) is 0 Å². The molecule has 3 heteroatoms. The molecular weight excluding hydrogens is 236 g/mol. The van der Waals surface area contributed by atoms with Crippen LogP contribution >= 0.6 is 0 Å². The molecule has 1 fully saturated rings. The Morgan fingerprint density at radius 1 is 1.16 bits per heavy atom. The Morgan fingerprint density at radius 3 is 2.84 bits per heavy atom. The van der Waals surface area contributed by atoms with Gasteiger partial charge in [0.1, 0.15) is 5.75 Å². The third-order valence-corrected chi connectivity index (χ3v) is 3.47. The zero-order valence-electron chi connectivity index (χ0n) is 10.9. The van der Waals surface area contributed by atoms with E-state index in [1.165, 1.54) is 12.0 Å². The first-order valence-corrected chi connectivity index (χ1v) is 6.76. The van der Waals surface area contributed by atoms with Crippen molar-refractivity contribution in [3.05, 3.63) is 48.8 Å². The van der Waals surface area contributed by atoms with Gasteiger partial charge in [-0.05, 0) is 24.6 Å². The van der Waals surface area contributed by atoms with Crippen LogP contribution in [0.1, 0.15) is 6.42 Å². The largest absolute Gasteiger partial charge is 0.492 e. The summed E-state index contributed by atoms with van der Waals surface area (Å²) in [6, 6.07) is 12.3. The summed E-state index contributed by atoms with van der Waals surface area (Å²) in [5.74, 6) is 1.48. The van der Waals surface area contributed by atoms with Crippen molar-refractivity contribution in [2.75, 3.05) is 19.7 Å². The number of nitrogens with one attached hydrogen (secondary N) is 1. The maximum atomic E-state index is 5.85. The minimum Gasteiger partial charge on any atom is -0.492 e. The second-order valence-corrected chi connectivity index (χ2v) is 4.95. The number of benzene rings is 1. The Balaban J connectivity index is 1.69. The van der Waals surface area contributed by atoms with Gasteiger partial charge in [-0.1, -0.05) is 30.3 Å². The van der Waals surface area contributed by atoms with Gasteiger partial charge < -0.3 is 10.1 Å². The van der Waals surface area contributed by atoms with Crippen molar-refractivity contribution < 1.29 is 4.74 Å². The molecule has 1 aromatic carbocycles. The summed E-state index contributed by atoms with van der Waals surface area (Å²) in [6.45, 7) is 2.94. The first kappa shape index (κ1) is 12.2. The molecule has 1 saturated heterocycles. The van der Waals surface area contributed by atoms with Crippen LogP contribution in [0.25, 0.3) is 11.1 Å². The molecular formula is C16H18N2O. The maximum absolute atomic E-state index is 5.85. The fourth-order valence-electron chi connectivity index (χ4n) is 2.36. The summed E-state index contributed by atoms with van der Waals surface area (Å²) < 4.78 is 5.85. The van der Waals surface area contributed by atoms with Crippen molar-refractivity contribution >= 4 is 0 Å². The summed E-state index contributed by atoms with van der Waals surface area (Å²) in [7, 11) is 0. The van der Waals surface area contributed by atoms with E-state index < -0.39 is 0 Å². The Bertz CT molecular complexity index is 521. The van der Waals surface area contributed by atoms with Crippen LogP contribution in [0.2, 0.25) is 0 Å². The molecule has 1 aliphatic rings. The number of hydrogen-bond donors (Lipinski definition) is 1. The first-order chi connectivity index (χ1) is 9.42. The standard InChI is InChI=1S/C16H18N2O/c1-2-4-14(5-3-1)15-8-16(11-18-10-15)19-12-13-6-7-17-9-13/h1-5,8,10-11,13,17H,6-7,9,12H2. The molecule has 0 spiro atoms. The number of pyridine rings is 1. The molecule has 3 rings (SSSR count). The van der Waals surface area contributed by atoms with Gasteiger partial charge in [0, 0.05) is 24.2 Å². The second-order valence-electron chi connectivity index (χ2n) is 4.95. The SMILES string of the molecule is c1ccc(-c2cncc(OCC3CCNC3)c2)cc1. The molecule has 1 aliphatic heterocycles. The molecule has 0 amide bonds. The van der Waals surface area contributed by atoms with Gasteiger partial charge in [0.2, 0.25) is 0 Å². The lowest BCUT2D eigenvalue weighted by Crippen LogP contribution is -2.15. The van der Waals surface area contributed by atoms with Crippen molar-refractivity contribution in [2.45, 2.75) is 6.42 Å². The fourth-order valence-corrected chi connectivity index (χ4v) is 2.36. The highest BCUT2D eigenvalue weighted by Crippen LogP contribution is 2.22. The topological polar surface area (TPSA) is 34.1 Å². The fraction of sp³-hybridized carbons (Fsp3) is 0.312. The zero-order valence-corrected chi connectivity index (χ0v) is 10.9. The van der Waals surface area contributed by atoms with E-state index in [2.05, 4.69) is 28.5 Å². The third kappa shape index (κ3) is 3.12. The first-order valence-electron chi connectivity index (χ1n) is 6.76. The van der Waals surface area contributed by atoms with Crippen molar-refractivity contribution in [1.82, 2.24) is 10.3 Å². The molecule has 1 unspecified atom stereocenters. The van der Waals surface area contributed by atoms with E-state index in [0.717, 1.165) is 31.0 Å². The van der Waals surface area contributed by atoms with Crippen molar-refractivity contribution in [1.29, 1.82) is 0 Å². The predicted octanol–water partition coefficient (Wildman–Crippen LogP) is 2.74. The monoisotopic (exact) mass is 254 g/mol. The van der Waals surface area contributed by atoms with Gasteiger partial charge in [-0.2, -0.15) is 0 Å². The average molecular weight is 254 g/mol. The molecule has 98 valence electrons. The van der Waals surface area contributed by atoms with Crippen LogP contribution in [-0.2, 0) is 0 Å². The molecule has 2 aromatic rings. The molecule has 0 radical (unpaired) electrons. The molecule has 1 aromatic heterocycles. The van der Waals surface area contributed by atoms with E-state index in [9.17, 15) is 0 Å². The number of aromatic nitrogens is 1. The lowest BCUT2D eigenvalue weighted by molar-refractivity contribution is 0.259. The van der Waals surface area contributed by atoms with Crippen molar-refractivity contribution in [2.24, 2.45) is 5.92 Å². The van der Waals surface area contributed by atoms with E-state index in [1.807, 2.05) is 24.4 Å². The summed E-state index contributed by atoms with van der Waals surface area (Å²) in [4.78, 5) is 4.27. The quantitative estimate of drug-likeness (QED) is 0.911. The highest BCUT2D eigenvalue weighted by Gasteiger charge is 2.15. The molecule has 2 heterocycles.